The van der Waals surface area contributed by atoms with Gasteiger partial charge in [0.1, 0.15) is 16.4 Å². The molecule has 1 aromatic carbocycles. The lowest BCUT2D eigenvalue weighted by atomic mass is 9.78. The Kier molecular flexibility index (Phi) is 4.93. The average Bonchev–Trinajstić information content (AvgIpc) is 3.20. The molecule has 0 radical (unpaired) electrons. The SMILES string of the molecule is O=C(c1cn2cc(Br)nc(OC3COC3)c2n1)N1CCC2(CC1)Cc1ccccc1CN2. The van der Waals surface area contributed by atoms with Crippen LogP contribution in [0.2, 0.25) is 0 Å². The van der Waals surface area contributed by atoms with Crippen LogP contribution < -0.4 is 10.1 Å². The predicted molar refractivity (Wildman–Crippen MR) is 121 cm³/mol. The van der Waals surface area contributed by atoms with Crippen LogP contribution in [0, 0.1) is 0 Å². The molecule has 32 heavy (non-hydrogen) atoms. The van der Waals surface area contributed by atoms with E-state index in [-0.39, 0.29) is 17.6 Å². The number of fused-ring (bicyclic) bond motifs is 2. The lowest BCUT2D eigenvalue weighted by Crippen LogP contribution is -2.57. The van der Waals surface area contributed by atoms with Gasteiger partial charge in [-0.15, -0.1) is 0 Å². The monoisotopic (exact) mass is 497 g/mol. The Morgan fingerprint density at radius 3 is 2.69 bits per heavy atom. The number of piperidine rings is 1. The van der Waals surface area contributed by atoms with Crippen molar-refractivity contribution in [3.63, 3.8) is 0 Å². The molecule has 3 aliphatic heterocycles. The molecule has 1 spiro atoms. The number of ether oxygens (including phenoxy) is 2. The minimum atomic E-state index is -0.0474. The molecule has 2 aromatic heterocycles. The van der Waals surface area contributed by atoms with E-state index in [1.54, 1.807) is 16.8 Å². The lowest BCUT2D eigenvalue weighted by Gasteiger charge is -2.45. The molecule has 1 amide bonds. The molecule has 2 saturated heterocycles. The van der Waals surface area contributed by atoms with E-state index in [9.17, 15) is 4.79 Å². The number of hydrogen-bond donors (Lipinski definition) is 1. The Bertz CT molecular complexity index is 1180. The summed E-state index contributed by atoms with van der Waals surface area (Å²) in [6.07, 6.45) is 6.41. The third-order valence-electron chi connectivity index (χ3n) is 6.79. The smallest absolute Gasteiger partial charge is 0.274 e. The normalized spacial score (nSPS) is 20.2. The summed E-state index contributed by atoms with van der Waals surface area (Å²) in [7, 11) is 0. The van der Waals surface area contributed by atoms with Gasteiger partial charge in [0.05, 0.1) is 13.2 Å². The first kappa shape index (κ1) is 20.1. The van der Waals surface area contributed by atoms with Crippen molar-refractivity contribution in [2.24, 2.45) is 0 Å². The molecule has 8 nitrogen and oxygen atoms in total. The average molecular weight is 498 g/mol. The fraction of sp³-hybridized carbons (Fsp3) is 0.435. The van der Waals surface area contributed by atoms with Crippen molar-refractivity contribution in [2.75, 3.05) is 26.3 Å². The Morgan fingerprint density at radius 2 is 1.94 bits per heavy atom. The summed E-state index contributed by atoms with van der Waals surface area (Å²) in [5.74, 6) is 0.364. The number of benzene rings is 1. The second-order valence-electron chi connectivity index (χ2n) is 8.87. The summed E-state index contributed by atoms with van der Waals surface area (Å²) in [5, 5.41) is 3.76. The molecule has 0 atom stereocenters. The van der Waals surface area contributed by atoms with Crippen LogP contribution in [0.25, 0.3) is 5.65 Å². The molecule has 0 aliphatic carbocycles. The summed E-state index contributed by atoms with van der Waals surface area (Å²) in [4.78, 5) is 24.2. The minimum Gasteiger partial charge on any atom is -0.467 e. The van der Waals surface area contributed by atoms with Gasteiger partial charge in [0.2, 0.25) is 5.65 Å². The van der Waals surface area contributed by atoms with E-state index in [4.69, 9.17) is 9.47 Å². The van der Waals surface area contributed by atoms with Gasteiger partial charge in [0.25, 0.3) is 11.8 Å². The molecule has 6 rings (SSSR count). The minimum absolute atomic E-state index is 0.0251. The van der Waals surface area contributed by atoms with Crippen LogP contribution in [0.15, 0.2) is 41.3 Å². The quantitative estimate of drug-likeness (QED) is 0.598. The summed E-state index contributed by atoms with van der Waals surface area (Å²) in [6.45, 7) is 3.41. The molecule has 0 saturated carbocycles. The predicted octanol–water partition coefficient (Wildman–Crippen LogP) is 2.59. The van der Waals surface area contributed by atoms with Crippen molar-refractivity contribution in [3.05, 3.63) is 58.1 Å². The molecule has 3 aromatic rings. The van der Waals surface area contributed by atoms with Crippen LogP contribution in [-0.2, 0) is 17.7 Å². The molecule has 1 N–H and O–H groups in total. The molecular formula is C23H24BrN5O3. The number of rotatable bonds is 3. The lowest BCUT2D eigenvalue weighted by molar-refractivity contribution is -0.0809. The first-order chi connectivity index (χ1) is 15.6. The number of amides is 1. The molecule has 166 valence electrons. The first-order valence-corrected chi connectivity index (χ1v) is 11.8. The van der Waals surface area contributed by atoms with Gasteiger partial charge in [0.15, 0.2) is 0 Å². The fourth-order valence-corrected chi connectivity index (χ4v) is 5.21. The van der Waals surface area contributed by atoms with Crippen LogP contribution in [0.4, 0.5) is 0 Å². The molecular weight excluding hydrogens is 474 g/mol. The number of aromatic nitrogens is 3. The second kappa shape index (κ2) is 7.83. The van der Waals surface area contributed by atoms with E-state index in [1.165, 1.54) is 11.1 Å². The highest BCUT2D eigenvalue weighted by Gasteiger charge is 2.38. The zero-order chi connectivity index (χ0) is 21.7. The largest absolute Gasteiger partial charge is 0.467 e. The van der Waals surface area contributed by atoms with Crippen LogP contribution >= 0.6 is 15.9 Å². The van der Waals surface area contributed by atoms with E-state index in [0.29, 0.717) is 48.1 Å². The standard InChI is InChI=1S/C23H24BrN5O3/c24-19-12-29-11-18(26-20(29)21(27-19)32-17-13-31-14-17)22(30)28-7-5-23(6-8-28)9-15-3-1-2-4-16(15)10-25-23/h1-4,11-12,17,25H,5-10,13-14H2. The molecule has 0 unspecified atom stereocenters. The number of likely N-dealkylation sites (tertiary alicyclic amines) is 1. The van der Waals surface area contributed by atoms with Crippen molar-refractivity contribution in [1.29, 1.82) is 0 Å². The topological polar surface area (TPSA) is 81.0 Å². The Hall–Kier alpha value is -2.49. The number of carbonyl (C=O) groups is 1. The van der Waals surface area contributed by atoms with E-state index in [2.05, 4.69) is 55.5 Å². The first-order valence-electron chi connectivity index (χ1n) is 11.0. The van der Waals surface area contributed by atoms with Crippen molar-refractivity contribution in [2.45, 2.75) is 37.5 Å². The summed E-state index contributed by atoms with van der Waals surface area (Å²) < 4.78 is 13.5. The molecule has 9 heteroatoms. The Balaban J connectivity index is 1.18. The molecule has 5 heterocycles. The van der Waals surface area contributed by atoms with Gasteiger partial charge in [0, 0.05) is 37.6 Å². The maximum absolute atomic E-state index is 13.3. The van der Waals surface area contributed by atoms with Crippen molar-refractivity contribution in [3.8, 4) is 5.88 Å². The Morgan fingerprint density at radius 1 is 1.16 bits per heavy atom. The van der Waals surface area contributed by atoms with Gasteiger partial charge in [-0.25, -0.2) is 9.97 Å². The highest BCUT2D eigenvalue weighted by Crippen LogP contribution is 2.32. The summed E-state index contributed by atoms with van der Waals surface area (Å²) in [6, 6.07) is 8.64. The summed E-state index contributed by atoms with van der Waals surface area (Å²) >= 11 is 3.41. The van der Waals surface area contributed by atoms with Crippen LogP contribution in [0.1, 0.15) is 34.5 Å². The third-order valence-corrected chi connectivity index (χ3v) is 7.17. The number of hydrogen-bond acceptors (Lipinski definition) is 6. The van der Waals surface area contributed by atoms with Gasteiger partial charge >= 0.3 is 0 Å². The zero-order valence-corrected chi connectivity index (χ0v) is 19.2. The molecule has 3 aliphatic rings. The van der Waals surface area contributed by atoms with Crippen LogP contribution in [0.3, 0.4) is 0 Å². The number of halogens is 1. The number of nitrogens with one attached hydrogen (secondary N) is 1. The number of nitrogens with zero attached hydrogens (tertiary/aromatic N) is 4. The van der Waals surface area contributed by atoms with E-state index in [0.717, 1.165) is 25.8 Å². The van der Waals surface area contributed by atoms with Crippen LogP contribution in [-0.4, -0.2) is 63.1 Å². The van der Waals surface area contributed by atoms with Gasteiger partial charge in [-0.05, 0) is 46.3 Å². The van der Waals surface area contributed by atoms with Crippen molar-refractivity contribution >= 4 is 27.5 Å². The van der Waals surface area contributed by atoms with Crippen molar-refractivity contribution < 1.29 is 14.3 Å². The van der Waals surface area contributed by atoms with Crippen LogP contribution in [0.5, 0.6) is 5.88 Å². The van der Waals surface area contributed by atoms with E-state index >= 15 is 0 Å². The van der Waals surface area contributed by atoms with E-state index < -0.39 is 0 Å². The maximum Gasteiger partial charge on any atom is 0.274 e. The summed E-state index contributed by atoms with van der Waals surface area (Å²) in [5.41, 5.74) is 3.84. The van der Waals surface area contributed by atoms with Crippen molar-refractivity contribution in [1.82, 2.24) is 24.6 Å². The fourth-order valence-electron chi connectivity index (χ4n) is 4.83. The molecule has 2 fully saturated rings. The number of imidazole rings is 1. The Labute approximate surface area is 194 Å². The van der Waals surface area contributed by atoms with Gasteiger partial charge in [-0.3, -0.25) is 9.20 Å². The van der Waals surface area contributed by atoms with Gasteiger partial charge < -0.3 is 19.7 Å². The number of carbonyl (C=O) groups excluding carboxylic acids is 1. The molecule has 0 bridgehead atoms. The maximum atomic E-state index is 13.3. The third kappa shape index (κ3) is 3.58. The zero-order valence-electron chi connectivity index (χ0n) is 17.6. The van der Waals surface area contributed by atoms with E-state index in [1.807, 2.05) is 4.90 Å². The second-order valence-corrected chi connectivity index (χ2v) is 9.69. The highest BCUT2D eigenvalue weighted by atomic mass is 79.9. The van der Waals surface area contributed by atoms with Gasteiger partial charge in [-0.2, -0.15) is 0 Å². The highest BCUT2D eigenvalue weighted by molar-refractivity contribution is 9.10. The van der Waals surface area contributed by atoms with Gasteiger partial charge in [-0.1, -0.05) is 24.3 Å².